The van der Waals surface area contributed by atoms with Crippen LogP contribution in [0.25, 0.3) is 0 Å². The van der Waals surface area contributed by atoms with E-state index in [1.807, 2.05) is 30.3 Å². The smallest absolute Gasteiger partial charge is 0.340 e. The standard InChI is InChI=1S/C15H14N2O4/c1-10-7-12(14(16)13(8-10)17(19)20)15(18)21-9-11-5-3-2-4-6-11/h2-8H,9,16H2,1H3. The number of esters is 1. The van der Waals surface area contributed by atoms with Crippen LogP contribution in [0.15, 0.2) is 42.5 Å². The molecule has 6 heteroatoms. The van der Waals surface area contributed by atoms with Gasteiger partial charge in [-0.15, -0.1) is 0 Å². The maximum atomic E-state index is 12.0. The van der Waals surface area contributed by atoms with Gasteiger partial charge < -0.3 is 10.5 Å². The first kappa shape index (κ1) is 14.5. The van der Waals surface area contributed by atoms with E-state index in [1.54, 1.807) is 6.92 Å². The van der Waals surface area contributed by atoms with Crippen molar-refractivity contribution >= 4 is 17.3 Å². The van der Waals surface area contributed by atoms with Gasteiger partial charge in [-0.3, -0.25) is 10.1 Å². The van der Waals surface area contributed by atoms with Crippen molar-refractivity contribution in [1.29, 1.82) is 0 Å². The first-order valence-corrected chi connectivity index (χ1v) is 6.24. The molecule has 0 aliphatic rings. The summed E-state index contributed by atoms with van der Waals surface area (Å²) in [6.45, 7) is 1.74. The lowest BCUT2D eigenvalue weighted by atomic mass is 10.1. The van der Waals surface area contributed by atoms with Gasteiger partial charge in [-0.1, -0.05) is 30.3 Å². The molecule has 0 radical (unpaired) electrons. The van der Waals surface area contributed by atoms with E-state index in [2.05, 4.69) is 0 Å². The molecule has 2 rings (SSSR count). The van der Waals surface area contributed by atoms with Crippen LogP contribution in [-0.4, -0.2) is 10.9 Å². The zero-order chi connectivity index (χ0) is 15.4. The van der Waals surface area contributed by atoms with Gasteiger partial charge in [0.05, 0.1) is 10.5 Å². The highest BCUT2D eigenvalue weighted by molar-refractivity contribution is 5.97. The molecule has 0 atom stereocenters. The normalized spacial score (nSPS) is 10.1. The monoisotopic (exact) mass is 286 g/mol. The molecular formula is C15H14N2O4. The second-order valence-electron chi connectivity index (χ2n) is 4.56. The summed E-state index contributed by atoms with van der Waals surface area (Å²) in [5, 5.41) is 10.9. The van der Waals surface area contributed by atoms with Crippen LogP contribution < -0.4 is 5.73 Å². The summed E-state index contributed by atoms with van der Waals surface area (Å²) in [4.78, 5) is 22.3. The summed E-state index contributed by atoms with van der Waals surface area (Å²) >= 11 is 0. The van der Waals surface area contributed by atoms with Crippen LogP contribution in [0.4, 0.5) is 11.4 Å². The van der Waals surface area contributed by atoms with Gasteiger partial charge in [0.25, 0.3) is 5.69 Å². The van der Waals surface area contributed by atoms with Crippen LogP contribution in [0.1, 0.15) is 21.5 Å². The molecule has 0 spiro atoms. The van der Waals surface area contributed by atoms with Crippen molar-refractivity contribution in [3.8, 4) is 0 Å². The number of nitro groups is 1. The average molecular weight is 286 g/mol. The van der Waals surface area contributed by atoms with Crippen molar-refractivity contribution in [3.05, 3.63) is 69.3 Å². The highest BCUT2D eigenvalue weighted by atomic mass is 16.6. The highest BCUT2D eigenvalue weighted by Gasteiger charge is 2.21. The fraction of sp³-hybridized carbons (Fsp3) is 0.133. The van der Waals surface area contributed by atoms with Gasteiger partial charge >= 0.3 is 5.97 Å². The Hall–Kier alpha value is -2.89. The number of anilines is 1. The maximum absolute atomic E-state index is 12.0. The van der Waals surface area contributed by atoms with Crippen LogP contribution in [0.5, 0.6) is 0 Å². The number of carbonyl (C=O) groups excluding carboxylic acids is 1. The zero-order valence-electron chi connectivity index (χ0n) is 11.4. The number of nitrogen functional groups attached to an aromatic ring is 1. The van der Waals surface area contributed by atoms with Crippen molar-refractivity contribution in [1.82, 2.24) is 0 Å². The van der Waals surface area contributed by atoms with Crippen molar-refractivity contribution in [2.45, 2.75) is 13.5 Å². The van der Waals surface area contributed by atoms with Crippen molar-refractivity contribution < 1.29 is 14.5 Å². The van der Waals surface area contributed by atoms with Crippen LogP contribution in [0.2, 0.25) is 0 Å². The largest absolute Gasteiger partial charge is 0.457 e. The Balaban J connectivity index is 2.21. The Kier molecular flexibility index (Phi) is 4.18. The summed E-state index contributed by atoms with van der Waals surface area (Å²) in [6, 6.07) is 11.9. The third-order valence-electron chi connectivity index (χ3n) is 2.93. The number of hydrogen-bond donors (Lipinski definition) is 1. The fourth-order valence-electron chi connectivity index (χ4n) is 1.90. The Bertz CT molecular complexity index is 684. The molecule has 2 N–H and O–H groups in total. The predicted molar refractivity (Wildman–Crippen MR) is 77.8 cm³/mol. The van der Waals surface area contributed by atoms with Gasteiger partial charge in [0.2, 0.25) is 0 Å². The van der Waals surface area contributed by atoms with Crippen molar-refractivity contribution in [2.75, 3.05) is 5.73 Å². The average Bonchev–Trinajstić information content (AvgIpc) is 2.47. The maximum Gasteiger partial charge on any atom is 0.340 e. The molecule has 0 aliphatic carbocycles. The lowest BCUT2D eigenvalue weighted by molar-refractivity contribution is -0.384. The topological polar surface area (TPSA) is 95.5 Å². The molecule has 0 saturated heterocycles. The highest BCUT2D eigenvalue weighted by Crippen LogP contribution is 2.27. The minimum absolute atomic E-state index is 0.0117. The van der Waals surface area contributed by atoms with Crippen LogP contribution >= 0.6 is 0 Å². The van der Waals surface area contributed by atoms with Gasteiger partial charge in [-0.05, 0) is 24.1 Å². The van der Waals surface area contributed by atoms with E-state index in [4.69, 9.17) is 10.5 Å². The van der Waals surface area contributed by atoms with Gasteiger partial charge in [0.15, 0.2) is 0 Å². The summed E-state index contributed by atoms with van der Waals surface area (Å²) < 4.78 is 5.14. The van der Waals surface area contributed by atoms with E-state index in [1.165, 1.54) is 12.1 Å². The third kappa shape index (κ3) is 3.36. The van der Waals surface area contributed by atoms with Crippen LogP contribution in [0.3, 0.4) is 0 Å². The van der Waals surface area contributed by atoms with Crippen molar-refractivity contribution in [2.24, 2.45) is 0 Å². The quantitative estimate of drug-likeness (QED) is 0.403. The number of carbonyl (C=O) groups is 1. The van der Waals surface area contributed by atoms with Gasteiger partial charge in [-0.25, -0.2) is 4.79 Å². The molecular weight excluding hydrogens is 272 g/mol. The van der Waals surface area contributed by atoms with Gasteiger partial charge in [0.1, 0.15) is 12.3 Å². The number of nitrogens with zero attached hydrogens (tertiary/aromatic N) is 1. The van der Waals surface area contributed by atoms with E-state index < -0.39 is 10.9 Å². The first-order valence-electron chi connectivity index (χ1n) is 6.24. The number of benzene rings is 2. The molecule has 21 heavy (non-hydrogen) atoms. The molecule has 0 fully saturated rings. The molecule has 2 aromatic carbocycles. The molecule has 0 amide bonds. The number of rotatable bonds is 4. The number of nitrogens with two attached hydrogens (primary N) is 1. The van der Waals surface area contributed by atoms with E-state index in [0.717, 1.165) is 5.56 Å². The SMILES string of the molecule is Cc1cc(C(=O)OCc2ccccc2)c(N)c([N+](=O)[O-])c1. The summed E-state index contributed by atoms with van der Waals surface area (Å²) in [5.41, 5.74) is 6.62. The van der Waals surface area contributed by atoms with E-state index >= 15 is 0 Å². The molecule has 2 aromatic rings. The zero-order valence-corrected chi connectivity index (χ0v) is 11.4. The molecule has 0 unspecified atom stereocenters. The summed E-state index contributed by atoms with van der Waals surface area (Å²) in [5.74, 6) is -0.678. The Morgan fingerprint density at radius 2 is 1.95 bits per heavy atom. The van der Waals surface area contributed by atoms with Crippen LogP contribution in [-0.2, 0) is 11.3 Å². The number of nitro benzene ring substituents is 1. The van der Waals surface area contributed by atoms with E-state index in [9.17, 15) is 14.9 Å². The fourth-order valence-corrected chi connectivity index (χ4v) is 1.90. The second-order valence-corrected chi connectivity index (χ2v) is 4.56. The lowest BCUT2D eigenvalue weighted by Gasteiger charge is -2.08. The minimum atomic E-state index is -0.678. The van der Waals surface area contributed by atoms with E-state index in [-0.39, 0.29) is 23.5 Å². The number of aryl methyl sites for hydroxylation is 1. The van der Waals surface area contributed by atoms with Crippen LogP contribution in [0, 0.1) is 17.0 Å². The Morgan fingerprint density at radius 3 is 2.57 bits per heavy atom. The molecule has 0 heterocycles. The molecule has 0 saturated carbocycles. The first-order chi connectivity index (χ1) is 9.99. The summed E-state index contributed by atoms with van der Waals surface area (Å²) in [7, 11) is 0. The van der Waals surface area contributed by atoms with Gasteiger partial charge in [-0.2, -0.15) is 0 Å². The molecule has 6 nitrogen and oxygen atoms in total. The predicted octanol–water partition coefficient (Wildman–Crippen LogP) is 2.84. The molecule has 0 bridgehead atoms. The Labute approximate surface area is 121 Å². The molecule has 108 valence electrons. The lowest BCUT2D eigenvalue weighted by Crippen LogP contribution is -2.10. The third-order valence-corrected chi connectivity index (χ3v) is 2.93. The van der Waals surface area contributed by atoms with Crippen molar-refractivity contribution in [3.63, 3.8) is 0 Å². The molecule has 0 aliphatic heterocycles. The summed E-state index contributed by atoms with van der Waals surface area (Å²) in [6.07, 6.45) is 0. The van der Waals surface area contributed by atoms with E-state index in [0.29, 0.717) is 5.56 Å². The molecule has 0 aromatic heterocycles. The second kappa shape index (κ2) is 6.04. The number of hydrogen-bond acceptors (Lipinski definition) is 5. The Morgan fingerprint density at radius 1 is 1.29 bits per heavy atom. The minimum Gasteiger partial charge on any atom is -0.457 e. The van der Waals surface area contributed by atoms with Gasteiger partial charge in [0, 0.05) is 6.07 Å². The number of ether oxygens (including phenoxy) is 1.